The Labute approximate surface area is 180 Å². The highest BCUT2D eigenvalue weighted by Gasteiger charge is 2.41. The van der Waals surface area contributed by atoms with Gasteiger partial charge in [0.1, 0.15) is 5.82 Å². The lowest BCUT2D eigenvalue weighted by Gasteiger charge is -2.37. The summed E-state index contributed by atoms with van der Waals surface area (Å²) >= 11 is 1.46. The summed E-state index contributed by atoms with van der Waals surface area (Å²) in [4.78, 5) is 36.0. The number of carbonyl (C=O) groups is 2. The highest BCUT2D eigenvalue weighted by Crippen LogP contribution is 2.45. The molecule has 30 heavy (non-hydrogen) atoms. The van der Waals surface area contributed by atoms with Crippen LogP contribution in [-0.2, 0) is 9.59 Å². The standard InChI is InChI=1S/C22H25FN4O2S/c1-14-19(21(29)25(2)3)20(15-6-8-16(23)9-7-15)27-17(13-30-22(27)24-14)12-18(28)26-10-4-5-11-26/h6-9,13,20H,4-5,10-12H2,1-3H3. The third-order valence-electron chi connectivity index (χ3n) is 5.61. The van der Waals surface area contributed by atoms with Gasteiger partial charge in [-0.15, -0.1) is 0 Å². The van der Waals surface area contributed by atoms with Gasteiger partial charge in [-0.2, -0.15) is 0 Å². The topological polar surface area (TPSA) is 56.2 Å². The van der Waals surface area contributed by atoms with Gasteiger partial charge in [0.05, 0.1) is 23.7 Å². The van der Waals surface area contributed by atoms with Crippen molar-refractivity contribution in [3.8, 4) is 0 Å². The molecule has 6 nitrogen and oxygen atoms in total. The molecule has 3 aliphatic heterocycles. The van der Waals surface area contributed by atoms with E-state index in [4.69, 9.17) is 0 Å². The lowest BCUT2D eigenvalue weighted by Crippen LogP contribution is -2.40. The van der Waals surface area contributed by atoms with Crippen molar-refractivity contribution in [2.24, 2.45) is 4.99 Å². The normalized spacial score (nSPS) is 20.9. The van der Waals surface area contributed by atoms with E-state index >= 15 is 0 Å². The molecule has 1 fully saturated rings. The lowest BCUT2D eigenvalue weighted by atomic mass is 9.93. The molecule has 3 aliphatic rings. The van der Waals surface area contributed by atoms with Crippen LogP contribution in [0, 0.1) is 5.82 Å². The summed E-state index contributed by atoms with van der Waals surface area (Å²) in [6.07, 6.45) is 2.33. The zero-order chi connectivity index (χ0) is 21.4. The molecule has 4 rings (SSSR count). The van der Waals surface area contributed by atoms with E-state index in [1.165, 1.54) is 28.8 Å². The maximum atomic E-state index is 13.6. The summed E-state index contributed by atoms with van der Waals surface area (Å²) in [5.41, 5.74) is 2.79. The Morgan fingerprint density at radius 2 is 1.87 bits per heavy atom. The molecule has 0 radical (unpaired) electrons. The highest BCUT2D eigenvalue weighted by molar-refractivity contribution is 8.16. The van der Waals surface area contributed by atoms with Crippen molar-refractivity contribution in [2.45, 2.75) is 32.2 Å². The number of thioether (sulfide) groups is 1. The Bertz CT molecular complexity index is 962. The maximum absolute atomic E-state index is 13.6. The molecule has 2 amide bonds. The van der Waals surface area contributed by atoms with Crippen molar-refractivity contribution in [3.05, 3.63) is 58.0 Å². The molecule has 8 heteroatoms. The van der Waals surface area contributed by atoms with E-state index in [-0.39, 0.29) is 24.1 Å². The molecule has 0 aromatic heterocycles. The molecule has 0 saturated carbocycles. The van der Waals surface area contributed by atoms with Crippen LogP contribution in [0.15, 0.2) is 51.6 Å². The molecule has 1 atom stereocenters. The summed E-state index contributed by atoms with van der Waals surface area (Å²) in [6, 6.07) is 5.73. The largest absolute Gasteiger partial charge is 0.345 e. The first-order chi connectivity index (χ1) is 14.4. The average Bonchev–Trinajstić information content (AvgIpc) is 3.38. The number of amidine groups is 1. The number of allylic oxidation sites excluding steroid dienone is 1. The summed E-state index contributed by atoms with van der Waals surface area (Å²) in [7, 11) is 3.41. The smallest absolute Gasteiger partial charge is 0.253 e. The fraction of sp³-hybridized carbons (Fsp3) is 0.409. The van der Waals surface area contributed by atoms with E-state index in [1.54, 1.807) is 26.2 Å². The second-order valence-corrected chi connectivity index (χ2v) is 8.75. The first-order valence-corrected chi connectivity index (χ1v) is 10.9. The van der Waals surface area contributed by atoms with E-state index in [1.807, 2.05) is 22.1 Å². The van der Waals surface area contributed by atoms with Crippen molar-refractivity contribution < 1.29 is 14.0 Å². The third-order valence-corrected chi connectivity index (χ3v) is 6.50. The number of nitrogens with zero attached hydrogens (tertiary/aromatic N) is 4. The Kier molecular flexibility index (Phi) is 5.69. The van der Waals surface area contributed by atoms with Gasteiger partial charge in [-0.3, -0.25) is 9.59 Å². The molecule has 0 bridgehead atoms. The summed E-state index contributed by atoms with van der Waals surface area (Å²) in [6.45, 7) is 3.42. The van der Waals surface area contributed by atoms with Crippen LogP contribution in [0.1, 0.15) is 37.8 Å². The van der Waals surface area contributed by atoms with Gasteiger partial charge in [0.25, 0.3) is 5.91 Å². The first kappa shape index (κ1) is 20.7. The van der Waals surface area contributed by atoms with Gasteiger partial charge in [0.15, 0.2) is 5.17 Å². The number of hydrogen-bond donors (Lipinski definition) is 0. The Morgan fingerprint density at radius 3 is 2.50 bits per heavy atom. The van der Waals surface area contributed by atoms with Gasteiger partial charge in [0, 0.05) is 32.9 Å². The molecule has 1 saturated heterocycles. The van der Waals surface area contributed by atoms with Crippen molar-refractivity contribution in [1.29, 1.82) is 0 Å². The van der Waals surface area contributed by atoms with Gasteiger partial charge < -0.3 is 14.7 Å². The van der Waals surface area contributed by atoms with Gasteiger partial charge in [0.2, 0.25) is 5.91 Å². The number of benzene rings is 1. The van der Waals surface area contributed by atoms with Gasteiger partial charge in [-0.05, 0) is 42.9 Å². The lowest BCUT2D eigenvalue weighted by molar-refractivity contribution is -0.129. The van der Waals surface area contributed by atoms with Crippen molar-refractivity contribution >= 4 is 28.7 Å². The van der Waals surface area contributed by atoms with Crippen LogP contribution < -0.4 is 0 Å². The number of rotatable bonds is 4. The first-order valence-electron chi connectivity index (χ1n) is 10.1. The van der Waals surface area contributed by atoms with Crippen LogP contribution in [0.5, 0.6) is 0 Å². The van der Waals surface area contributed by atoms with Crippen LogP contribution >= 0.6 is 11.8 Å². The fourth-order valence-corrected chi connectivity index (χ4v) is 5.04. The third kappa shape index (κ3) is 3.76. The van der Waals surface area contributed by atoms with Crippen LogP contribution in [0.3, 0.4) is 0 Å². The minimum absolute atomic E-state index is 0.0882. The quantitative estimate of drug-likeness (QED) is 0.737. The minimum Gasteiger partial charge on any atom is -0.345 e. The molecule has 1 unspecified atom stereocenters. The van der Waals surface area contributed by atoms with Crippen molar-refractivity contribution in [1.82, 2.24) is 14.7 Å². The number of likely N-dealkylation sites (N-methyl/N-ethyl adjacent to an activating group) is 1. The number of aliphatic imine (C=N–C) groups is 1. The zero-order valence-electron chi connectivity index (χ0n) is 17.4. The molecule has 1 aromatic carbocycles. The summed E-state index contributed by atoms with van der Waals surface area (Å²) in [5, 5.41) is 2.68. The van der Waals surface area contributed by atoms with Crippen molar-refractivity contribution in [3.63, 3.8) is 0 Å². The SMILES string of the molecule is CC1=C(C(=O)N(C)C)C(c2ccc(F)cc2)N2C(CC(=O)N3CCCC3)=CSC2=N1. The highest BCUT2D eigenvalue weighted by atomic mass is 32.2. The fourth-order valence-electron chi connectivity index (χ4n) is 4.08. The number of amides is 2. The molecular formula is C22H25FN4O2S. The molecule has 3 heterocycles. The van der Waals surface area contributed by atoms with Crippen LogP contribution in [0.2, 0.25) is 0 Å². The van der Waals surface area contributed by atoms with Gasteiger partial charge >= 0.3 is 0 Å². The van der Waals surface area contributed by atoms with Crippen LogP contribution in [0.4, 0.5) is 4.39 Å². The van der Waals surface area contributed by atoms with E-state index in [0.717, 1.165) is 42.4 Å². The van der Waals surface area contributed by atoms with Crippen molar-refractivity contribution in [2.75, 3.05) is 27.2 Å². The predicted molar refractivity (Wildman–Crippen MR) is 116 cm³/mol. The molecule has 0 spiro atoms. The zero-order valence-corrected chi connectivity index (χ0v) is 18.2. The van der Waals surface area contributed by atoms with Gasteiger partial charge in [-0.1, -0.05) is 23.9 Å². The van der Waals surface area contributed by atoms with Gasteiger partial charge in [-0.25, -0.2) is 9.38 Å². The molecular weight excluding hydrogens is 403 g/mol. The Hall–Kier alpha value is -2.61. The number of likely N-dealkylation sites (tertiary alicyclic amines) is 1. The minimum atomic E-state index is -0.458. The van der Waals surface area contributed by atoms with Crippen LogP contribution in [0.25, 0.3) is 0 Å². The Balaban J connectivity index is 1.73. The number of carbonyl (C=O) groups excluding carboxylic acids is 2. The van der Waals surface area contributed by atoms with Crippen LogP contribution in [-0.4, -0.2) is 58.9 Å². The van der Waals surface area contributed by atoms with E-state index in [0.29, 0.717) is 11.3 Å². The van der Waals surface area contributed by atoms with E-state index in [2.05, 4.69) is 4.99 Å². The number of halogens is 1. The summed E-state index contributed by atoms with van der Waals surface area (Å²) in [5.74, 6) is -0.391. The van der Waals surface area contributed by atoms with E-state index in [9.17, 15) is 14.0 Å². The molecule has 1 aromatic rings. The maximum Gasteiger partial charge on any atom is 0.253 e. The average molecular weight is 429 g/mol. The second kappa shape index (κ2) is 8.26. The predicted octanol–water partition coefficient (Wildman–Crippen LogP) is 3.50. The van der Waals surface area contributed by atoms with E-state index < -0.39 is 6.04 Å². The molecule has 0 aliphatic carbocycles. The Morgan fingerprint density at radius 1 is 1.20 bits per heavy atom. The summed E-state index contributed by atoms with van der Waals surface area (Å²) < 4.78 is 13.6. The molecule has 158 valence electrons. The molecule has 0 N–H and O–H groups in total. The second-order valence-electron chi connectivity index (χ2n) is 7.91. The number of hydrogen-bond acceptors (Lipinski definition) is 5. The monoisotopic (exact) mass is 428 g/mol. The number of fused-ring (bicyclic) bond motifs is 1.